The summed E-state index contributed by atoms with van der Waals surface area (Å²) in [6, 6.07) is 6.60. The van der Waals surface area contributed by atoms with Gasteiger partial charge in [-0.15, -0.1) is 0 Å². The van der Waals surface area contributed by atoms with Gasteiger partial charge >= 0.3 is 113 Å². The summed E-state index contributed by atoms with van der Waals surface area (Å²) in [5.41, 5.74) is 1.03. The first-order valence-electron chi connectivity index (χ1n) is 9.41. The average molecular weight is 679 g/mol. The predicted octanol–water partition coefficient (Wildman–Crippen LogP) is 3.60. The van der Waals surface area contributed by atoms with Crippen LogP contribution >= 0.6 is 9.82 Å². The first-order chi connectivity index (χ1) is 15.2. The molecule has 0 aromatic heterocycles. The van der Waals surface area contributed by atoms with Crippen molar-refractivity contribution in [1.82, 2.24) is 0 Å². The molecule has 0 amide bonds. The molecule has 0 spiro atoms. The Morgan fingerprint density at radius 3 is 1.52 bits per heavy atom. The van der Waals surface area contributed by atoms with Crippen molar-refractivity contribution in [3.8, 4) is 0 Å². The van der Waals surface area contributed by atoms with Crippen LogP contribution in [0, 0.1) is 12.8 Å². The molecule has 0 unspecified atom stereocenters. The van der Waals surface area contributed by atoms with Crippen LogP contribution in [0.2, 0.25) is 0 Å². The van der Waals surface area contributed by atoms with Crippen molar-refractivity contribution in [2.24, 2.45) is 8.82 Å². The number of aryl methyl sites for hydroxylation is 1. The summed E-state index contributed by atoms with van der Waals surface area (Å²) in [5, 5.41) is 32.2. The second-order valence-corrected chi connectivity index (χ2v) is 11.0. The summed E-state index contributed by atoms with van der Waals surface area (Å²) < 4.78 is 26.2. The minimum absolute atomic E-state index is 0.0771. The SMILES string of the molecule is CC.CC(CC(=O)O)CC(=O)O.Cc1ccc(S(=O)(=O)[N]=[W]=[S])cc1.O=C(O)CCC(=O)O. The van der Waals surface area contributed by atoms with Crippen molar-refractivity contribution >= 4 is 43.7 Å². The summed E-state index contributed by atoms with van der Waals surface area (Å²) in [7, 11) is 1.21. The summed E-state index contributed by atoms with van der Waals surface area (Å²) in [5.74, 6) is -4.34. The molecule has 1 aromatic carbocycles. The molecule has 0 saturated carbocycles. The first kappa shape index (κ1) is 35.4. The number of sulfonamides is 1. The van der Waals surface area contributed by atoms with Crippen LogP contribution in [0.3, 0.4) is 0 Å². The number of rotatable bonds is 9. The number of carbonyl (C=O) groups is 4. The van der Waals surface area contributed by atoms with Gasteiger partial charge in [0.15, 0.2) is 0 Å². The maximum atomic E-state index is 11.4. The molecule has 1 rings (SSSR count). The Kier molecular flexibility index (Phi) is 21.8. The van der Waals surface area contributed by atoms with Gasteiger partial charge in [0.05, 0.1) is 12.8 Å². The Bertz CT molecular complexity index is 881. The van der Waals surface area contributed by atoms with Gasteiger partial charge in [-0.2, -0.15) is 0 Å². The van der Waals surface area contributed by atoms with E-state index in [2.05, 4.69) is 12.7 Å². The summed E-state index contributed by atoms with van der Waals surface area (Å²) >= 11 is -1.44. The maximum absolute atomic E-state index is 11.4. The Labute approximate surface area is 204 Å². The van der Waals surface area contributed by atoms with Gasteiger partial charge in [0.1, 0.15) is 0 Å². The third-order valence-electron chi connectivity index (χ3n) is 3.05. The van der Waals surface area contributed by atoms with E-state index in [9.17, 15) is 27.6 Å². The first-order valence-corrected chi connectivity index (χ1v) is 16.1. The smallest absolute Gasteiger partial charge is 0.303 e. The molecule has 0 aliphatic rings. The van der Waals surface area contributed by atoms with Gasteiger partial charge in [-0.05, 0) is 5.92 Å². The molecular formula is C19H29NO10S2W. The zero-order valence-corrected chi connectivity index (χ0v) is 23.2. The van der Waals surface area contributed by atoms with E-state index in [4.69, 9.17) is 20.4 Å². The van der Waals surface area contributed by atoms with E-state index >= 15 is 0 Å². The van der Waals surface area contributed by atoms with Gasteiger partial charge in [0.25, 0.3) is 0 Å². The van der Waals surface area contributed by atoms with Crippen LogP contribution in [0.15, 0.2) is 32.1 Å². The average Bonchev–Trinajstić information content (AvgIpc) is 2.68. The minimum atomic E-state index is -3.43. The summed E-state index contributed by atoms with van der Waals surface area (Å²) in [4.78, 5) is 39.5. The van der Waals surface area contributed by atoms with Gasteiger partial charge in [-0.25, -0.2) is 0 Å². The van der Waals surface area contributed by atoms with Crippen LogP contribution < -0.4 is 0 Å². The summed E-state index contributed by atoms with van der Waals surface area (Å²) in [6.45, 7) is 7.50. The van der Waals surface area contributed by atoms with E-state index in [1.807, 2.05) is 20.8 Å². The van der Waals surface area contributed by atoms with Gasteiger partial charge in [0.2, 0.25) is 0 Å². The Hall–Kier alpha value is -2.24. The van der Waals surface area contributed by atoms with Crippen LogP contribution in [0.5, 0.6) is 0 Å². The Morgan fingerprint density at radius 2 is 1.24 bits per heavy atom. The van der Waals surface area contributed by atoms with Crippen molar-refractivity contribution < 1.29 is 64.6 Å². The van der Waals surface area contributed by atoms with Gasteiger partial charge in [-0.1, -0.05) is 20.8 Å². The van der Waals surface area contributed by atoms with Crippen molar-refractivity contribution in [3.63, 3.8) is 0 Å². The molecule has 4 N–H and O–H groups in total. The summed E-state index contributed by atoms with van der Waals surface area (Å²) in [6.07, 6.45) is -0.747. The topological polar surface area (TPSA) is 196 Å². The van der Waals surface area contributed by atoms with Crippen LogP contribution in [0.25, 0.3) is 0 Å². The van der Waals surface area contributed by atoms with Crippen LogP contribution in [-0.4, -0.2) is 52.7 Å². The fourth-order valence-electron chi connectivity index (χ4n) is 1.68. The Balaban J connectivity index is -0.000000406. The monoisotopic (exact) mass is 679 g/mol. The molecule has 0 saturated heterocycles. The molecule has 33 heavy (non-hydrogen) atoms. The van der Waals surface area contributed by atoms with E-state index in [1.54, 1.807) is 31.2 Å². The quantitative estimate of drug-likeness (QED) is 0.298. The fourth-order valence-corrected chi connectivity index (χ4v) is 6.08. The molecule has 188 valence electrons. The number of carboxylic acids is 4. The largest absolute Gasteiger partial charge is 0.481 e. The number of nitrogens with zero attached hydrogens (tertiary/aromatic N) is 1. The van der Waals surface area contributed by atoms with Crippen LogP contribution in [0.1, 0.15) is 52.0 Å². The van der Waals surface area contributed by atoms with Gasteiger partial charge < -0.3 is 20.4 Å². The fraction of sp³-hybridized carbons (Fsp3) is 0.474. The van der Waals surface area contributed by atoms with E-state index in [0.29, 0.717) is 0 Å². The van der Waals surface area contributed by atoms with Crippen molar-refractivity contribution in [1.29, 1.82) is 0 Å². The van der Waals surface area contributed by atoms with Crippen LogP contribution in [-0.2, 0) is 45.8 Å². The van der Waals surface area contributed by atoms with Gasteiger partial charge in [-0.3, -0.25) is 19.2 Å². The van der Waals surface area contributed by atoms with Gasteiger partial charge in [0, 0.05) is 12.8 Å². The van der Waals surface area contributed by atoms with Crippen molar-refractivity contribution in [3.05, 3.63) is 29.8 Å². The van der Waals surface area contributed by atoms with Crippen LogP contribution in [0.4, 0.5) is 0 Å². The van der Waals surface area contributed by atoms with E-state index in [1.165, 1.54) is 0 Å². The number of hydrogen-bond acceptors (Lipinski definition) is 7. The molecule has 0 aliphatic carbocycles. The second-order valence-electron chi connectivity index (χ2n) is 6.03. The molecule has 0 bridgehead atoms. The maximum Gasteiger partial charge on any atom is 0.303 e. The number of hydrogen-bond donors (Lipinski definition) is 4. The zero-order valence-electron chi connectivity index (χ0n) is 18.6. The number of benzene rings is 1. The normalized spacial score (nSPS) is 9.48. The van der Waals surface area contributed by atoms with Crippen molar-refractivity contribution in [2.45, 2.75) is 58.3 Å². The standard InChI is InChI=1S/C7H7NO2S.C6H10O4.C4H6O4.C2H6.S.W/c1-6-2-4-7(5-3-6)11(8,9)10;1-4(2-5(7)8)3-6(9)10;5-3(6)1-2-4(7)8;1-2;;/h2-5H,1H3;4H,2-3H2,1H3,(H,7,8)(H,9,10);1-2H2,(H,5,6)(H,7,8);1-2H3;;. The van der Waals surface area contributed by atoms with Crippen molar-refractivity contribution in [2.75, 3.05) is 0 Å². The molecule has 0 fully saturated rings. The molecule has 11 nitrogen and oxygen atoms in total. The molecule has 14 heteroatoms. The molecule has 0 radical (unpaired) electrons. The van der Waals surface area contributed by atoms with E-state index in [0.717, 1.165) is 5.56 Å². The third-order valence-corrected chi connectivity index (χ3v) is 8.44. The molecule has 0 heterocycles. The van der Waals surface area contributed by atoms with E-state index < -0.39 is 50.5 Å². The Morgan fingerprint density at radius 1 is 0.879 bits per heavy atom. The zero-order chi connectivity index (χ0) is 26.6. The van der Waals surface area contributed by atoms with E-state index in [-0.39, 0.29) is 36.5 Å². The number of aliphatic carboxylic acids is 4. The minimum Gasteiger partial charge on any atom is -0.481 e. The molecular weight excluding hydrogens is 650 g/mol. The number of carboxylic acid groups (broad SMARTS) is 4. The predicted molar refractivity (Wildman–Crippen MR) is 118 cm³/mol. The third kappa shape index (κ3) is 24.2. The second kappa shape index (κ2) is 20.4. The molecule has 1 aromatic rings. The molecule has 0 aliphatic heterocycles. The molecule has 0 atom stereocenters.